The van der Waals surface area contributed by atoms with Crippen LogP contribution in [0.1, 0.15) is 43.5 Å². The highest BCUT2D eigenvalue weighted by Crippen LogP contribution is 2.36. The fourth-order valence-electron chi connectivity index (χ4n) is 3.20. The predicted molar refractivity (Wildman–Crippen MR) is 79.6 cm³/mol. The number of hydrogen-bond donors (Lipinski definition) is 2. The standard InChI is InChI=1S/C15H20N2O4/c1-3-10-4-6-13(9(10)2)16-11-5-7-14(17(20)21)12(8-11)15(18)19/h5,7-10,13,16H,3-4,6H2,1-2H3,(H,18,19). The van der Waals surface area contributed by atoms with Gasteiger partial charge in [-0.1, -0.05) is 20.3 Å². The minimum absolute atomic E-state index is 0.275. The molecule has 0 radical (unpaired) electrons. The van der Waals surface area contributed by atoms with Crippen molar-refractivity contribution < 1.29 is 14.8 Å². The number of anilines is 1. The second-order valence-electron chi connectivity index (χ2n) is 5.65. The van der Waals surface area contributed by atoms with Crippen molar-refractivity contribution >= 4 is 17.3 Å². The van der Waals surface area contributed by atoms with Crippen molar-refractivity contribution in [3.63, 3.8) is 0 Å². The average Bonchev–Trinajstić information content (AvgIpc) is 2.79. The van der Waals surface area contributed by atoms with E-state index in [0.717, 1.165) is 19.3 Å². The van der Waals surface area contributed by atoms with Gasteiger partial charge in [0.15, 0.2) is 0 Å². The van der Waals surface area contributed by atoms with Crippen LogP contribution in [0.3, 0.4) is 0 Å². The number of benzene rings is 1. The van der Waals surface area contributed by atoms with Crippen LogP contribution in [0.5, 0.6) is 0 Å². The van der Waals surface area contributed by atoms with Gasteiger partial charge in [-0.05, 0) is 36.8 Å². The lowest BCUT2D eigenvalue weighted by Gasteiger charge is -2.22. The molecule has 6 nitrogen and oxygen atoms in total. The highest BCUT2D eigenvalue weighted by molar-refractivity contribution is 5.93. The summed E-state index contributed by atoms with van der Waals surface area (Å²) in [6.07, 6.45) is 3.34. The van der Waals surface area contributed by atoms with Gasteiger partial charge in [0.1, 0.15) is 5.56 Å². The number of nitrogens with one attached hydrogen (secondary N) is 1. The van der Waals surface area contributed by atoms with E-state index in [0.29, 0.717) is 17.5 Å². The van der Waals surface area contributed by atoms with Gasteiger partial charge < -0.3 is 10.4 Å². The number of nitro groups is 1. The Labute approximate surface area is 123 Å². The smallest absolute Gasteiger partial charge is 0.342 e. The first-order chi connectivity index (χ1) is 9.93. The first-order valence-corrected chi connectivity index (χ1v) is 7.22. The summed E-state index contributed by atoms with van der Waals surface area (Å²) in [5, 5.41) is 23.3. The van der Waals surface area contributed by atoms with Gasteiger partial charge in [-0.15, -0.1) is 0 Å². The zero-order chi connectivity index (χ0) is 15.6. The summed E-state index contributed by atoms with van der Waals surface area (Å²) in [4.78, 5) is 21.3. The summed E-state index contributed by atoms with van der Waals surface area (Å²) in [6.45, 7) is 4.38. The number of nitro benzene ring substituents is 1. The number of carboxylic acid groups (broad SMARTS) is 1. The third-order valence-electron chi connectivity index (χ3n) is 4.53. The van der Waals surface area contributed by atoms with E-state index in [1.807, 2.05) is 0 Å². The minimum atomic E-state index is -1.28. The maximum absolute atomic E-state index is 11.1. The molecule has 0 aromatic heterocycles. The van der Waals surface area contributed by atoms with Gasteiger partial charge >= 0.3 is 5.97 Å². The van der Waals surface area contributed by atoms with Crippen molar-refractivity contribution in [1.82, 2.24) is 0 Å². The summed E-state index contributed by atoms with van der Waals surface area (Å²) in [5.74, 6) is -0.0887. The summed E-state index contributed by atoms with van der Waals surface area (Å²) in [7, 11) is 0. The number of carboxylic acids is 1. The molecule has 1 aromatic rings. The molecule has 21 heavy (non-hydrogen) atoms. The van der Waals surface area contributed by atoms with Crippen LogP contribution in [0.15, 0.2) is 18.2 Å². The molecule has 1 aliphatic carbocycles. The third-order valence-corrected chi connectivity index (χ3v) is 4.53. The van der Waals surface area contributed by atoms with Crippen LogP contribution in [0.4, 0.5) is 11.4 Å². The number of nitrogens with zero attached hydrogens (tertiary/aromatic N) is 1. The van der Waals surface area contributed by atoms with Crippen LogP contribution in [-0.4, -0.2) is 22.0 Å². The Morgan fingerprint density at radius 1 is 1.48 bits per heavy atom. The molecule has 114 valence electrons. The highest BCUT2D eigenvalue weighted by Gasteiger charge is 2.31. The molecular weight excluding hydrogens is 272 g/mol. The molecule has 1 aliphatic rings. The molecule has 1 saturated carbocycles. The van der Waals surface area contributed by atoms with E-state index in [4.69, 9.17) is 5.11 Å². The number of carbonyl (C=O) groups is 1. The lowest BCUT2D eigenvalue weighted by atomic mass is 9.93. The topological polar surface area (TPSA) is 92.5 Å². The summed E-state index contributed by atoms with van der Waals surface area (Å²) in [6, 6.07) is 4.48. The van der Waals surface area contributed by atoms with E-state index in [2.05, 4.69) is 19.2 Å². The maximum Gasteiger partial charge on any atom is 0.342 e. The summed E-state index contributed by atoms with van der Waals surface area (Å²) >= 11 is 0. The van der Waals surface area contributed by atoms with E-state index in [-0.39, 0.29) is 17.3 Å². The largest absolute Gasteiger partial charge is 0.477 e. The monoisotopic (exact) mass is 292 g/mol. The molecule has 2 N–H and O–H groups in total. The molecule has 1 fully saturated rings. The third kappa shape index (κ3) is 3.15. The van der Waals surface area contributed by atoms with Crippen LogP contribution in [-0.2, 0) is 0 Å². The van der Waals surface area contributed by atoms with Crippen molar-refractivity contribution in [3.05, 3.63) is 33.9 Å². The van der Waals surface area contributed by atoms with Crippen LogP contribution in [0.2, 0.25) is 0 Å². The van der Waals surface area contributed by atoms with E-state index >= 15 is 0 Å². The van der Waals surface area contributed by atoms with Gasteiger partial charge in [0.2, 0.25) is 0 Å². The Kier molecular flexibility index (Phi) is 4.45. The van der Waals surface area contributed by atoms with Gasteiger partial charge in [0.05, 0.1) is 4.92 Å². The molecular formula is C15H20N2O4. The quantitative estimate of drug-likeness (QED) is 0.639. The van der Waals surface area contributed by atoms with E-state index in [1.165, 1.54) is 12.1 Å². The minimum Gasteiger partial charge on any atom is -0.477 e. The number of hydrogen-bond acceptors (Lipinski definition) is 4. The second-order valence-corrected chi connectivity index (χ2v) is 5.65. The van der Waals surface area contributed by atoms with Crippen LogP contribution < -0.4 is 5.32 Å². The predicted octanol–water partition coefficient (Wildman–Crippen LogP) is 3.53. The molecule has 0 spiro atoms. The molecule has 3 atom stereocenters. The SMILES string of the molecule is CCC1CCC(Nc2ccc([N+](=O)[O-])c(C(=O)O)c2)C1C. The Morgan fingerprint density at radius 3 is 2.71 bits per heavy atom. The number of aromatic carboxylic acids is 1. The lowest BCUT2D eigenvalue weighted by Crippen LogP contribution is -2.24. The highest BCUT2D eigenvalue weighted by atomic mass is 16.6. The molecule has 1 aromatic carbocycles. The zero-order valence-corrected chi connectivity index (χ0v) is 12.2. The fraction of sp³-hybridized carbons (Fsp3) is 0.533. The zero-order valence-electron chi connectivity index (χ0n) is 12.2. The Hall–Kier alpha value is -2.11. The average molecular weight is 292 g/mol. The molecule has 0 saturated heterocycles. The lowest BCUT2D eigenvalue weighted by molar-refractivity contribution is -0.385. The van der Waals surface area contributed by atoms with E-state index in [1.54, 1.807) is 6.07 Å². The molecule has 3 unspecified atom stereocenters. The van der Waals surface area contributed by atoms with Gasteiger partial charge in [0.25, 0.3) is 5.69 Å². The van der Waals surface area contributed by atoms with Crippen LogP contribution in [0, 0.1) is 22.0 Å². The van der Waals surface area contributed by atoms with Gasteiger partial charge in [-0.3, -0.25) is 10.1 Å². The second kappa shape index (κ2) is 6.11. The first kappa shape index (κ1) is 15.3. The molecule has 6 heteroatoms. The molecule has 0 amide bonds. The van der Waals surface area contributed by atoms with E-state index in [9.17, 15) is 14.9 Å². The van der Waals surface area contributed by atoms with Gasteiger partial charge in [0, 0.05) is 17.8 Å². The van der Waals surface area contributed by atoms with Crippen molar-refractivity contribution in [1.29, 1.82) is 0 Å². The van der Waals surface area contributed by atoms with Crippen molar-refractivity contribution in [3.8, 4) is 0 Å². The van der Waals surface area contributed by atoms with Crippen LogP contribution >= 0.6 is 0 Å². The van der Waals surface area contributed by atoms with E-state index < -0.39 is 10.9 Å². The van der Waals surface area contributed by atoms with Crippen LogP contribution in [0.25, 0.3) is 0 Å². The molecule has 0 heterocycles. The van der Waals surface area contributed by atoms with Gasteiger partial charge in [-0.25, -0.2) is 4.79 Å². The molecule has 0 aliphatic heterocycles. The maximum atomic E-state index is 11.1. The molecule has 2 rings (SSSR count). The van der Waals surface area contributed by atoms with Crippen molar-refractivity contribution in [2.24, 2.45) is 11.8 Å². The summed E-state index contributed by atoms with van der Waals surface area (Å²) in [5.41, 5.74) is -0.0201. The fourth-order valence-corrected chi connectivity index (χ4v) is 3.20. The summed E-state index contributed by atoms with van der Waals surface area (Å²) < 4.78 is 0. The van der Waals surface area contributed by atoms with Gasteiger partial charge in [-0.2, -0.15) is 0 Å². The normalized spacial score (nSPS) is 24.8. The molecule has 0 bridgehead atoms. The van der Waals surface area contributed by atoms with Crippen molar-refractivity contribution in [2.75, 3.05) is 5.32 Å². The van der Waals surface area contributed by atoms with Crippen molar-refractivity contribution in [2.45, 2.75) is 39.2 Å². The Balaban J connectivity index is 2.20. The Bertz CT molecular complexity index is 559. The number of rotatable bonds is 5. The first-order valence-electron chi connectivity index (χ1n) is 7.22. The Morgan fingerprint density at radius 2 is 2.19 bits per heavy atom.